The van der Waals surface area contributed by atoms with Crippen molar-refractivity contribution < 1.29 is 13.2 Å². The molecule has 2 fully saturated rings. The summed E-state index contributed by atoms with van der Waals surface area (Å²) in [5.41, 5.74) is 1.76. The third-order valence-corrected chi connectivity index (χ3v) is 7.59. The summed E-state index contributed by atoms with van der Waals surface area (Å²) in [5.74, 6) is -0.151. The summed E-state index contributed by atoms with van der Waals surface area (Å²) in [7, 11) is -3.45. The van der Waals surface area contributed by atoms with Crippen molar-refractivity contribution >= 4 is 15.9 Å². The van der Waals surface area contributed by atoms with Gasteiger partial charge in [0, 0.05) is 44.3 Å². The Morgan fingerprint density at radius 2 is 1.66 bits per heavy atom. The van der Waals surface area contributed by atoms with Gasteiger partial charge >= 0.3 is 0 Å². The van der Waals surface area contributed by atoms with Crippen LogP contribution in [0, 0.1) is 0 Å². The predicted molar refractivity (Wildman–Crippen MR) is 112 cm³/mol. The number of carbonyl (C=O) groups is 1. The molecule has 0 bridgehead atoms. The van der Waals surface area contributed by atoms with E-state index in [1.165, 1.54) is 9.87 Å². The van der Waals surface area contributed by atoms with Crippen LogP contribution in [0.15, 0.2) is 59.5 Å². The second-order valence-corrected chi connectivity index (χ2v) is 9.75. The van der Waals surface area contributed by atoms with Gasteiger partial charge in [-0.3, -0.25) is 9.69 Å². The van der Waals surface area contributed by atoms with Crippen LogP contribution in [0.1, 0.15) is 35.2 Å². The Labute approximate surface area is 172 Å². The molecule has 4 rings (SSSR count). The van der Waals surface area contributed by atoms with Crippen LogP contribution in [0.25, 0.3) is 0 Å². The van der Waals surface area contributed by atoms with E-state index in [1.54, 1.807) is 24.3 Å². The molecule has 0 spiro atoms. The molecule has 1 amide bonds. The summed E-state index contributed by atoms with van der Waals surface area (Å²) >= 11 is 0. The van der Waals surface area contributed by atoms with E-state index in [1.807, 2.05) is 18.2 Å². The minimum atomic E-state index is -3.45. The third-order valence-electron chi connectivity index (χ3n) is 5.68. The smallest absolute Gasteiger partial charge is 0.251 e. The Morgan fingerprint density at radius 1 is 0.966 bits per heavy atom. The minimum Gasteiger partial charge on any atom is -0.348 e. The van der Waals surface area contributed by atoms with Crippen LogP contribution in [-0.4, -0.2) is 55.8 Å². The van der Waals surface area contributed by atoms with Crippen LogP contribution in [0.5, 0.6) is 0 Å². The lowest BCUT2D eigenvalue weighted by Crippen LogP contribution is -2.37. The topological polar surface area (TPSA) is 69.7 Å². The molecule has 2 aliphatic heterocycles. The average molecular weight is 414 g/mol. The van der Waals surface area contributed by atoms with Crippen molar-refractivity contribution in [1.82, 2.24) is 14.5 Å². The average Bonchev–Trinajstić information content (AvgIpc) is 3.42. The van der Waals surface area contributed by atoms with Gasteiger partial charge in [-0.15, -0.1) is 0 Å². The van der Waals surface area contributed by atoms with Crippen molar-refractivity contribution in [2.75, 3.05) is 26.2 Å². The molecule has 1 atom stereocenters. The number of carbonyl (C=O) groups excluding carboxylic acids is 1. The molecule has 6 nitrogen and oxygen atoms in total. The lowest BCUT2D eigenvalue weighted by molar-refractivity contribution is 0.0937. The highest BCUT2D eigenvalue weighted by atomic mass is 32.2. The number of sulfonamides is 1. The zero-order valence-corrected chi connectivity index (χ0v) is 17.3. The first-order chi connectivity index (χ1) is 14.0. The number of nitrogens with one attached hydrogen (secondary N) is 1. The van der Waals surface area contributed by atoms with Crippen LogP contribution in [0.3, 0.4) is 0 Å². The number of nitrogens with zero attached hydrogens (tertiary/aromatic N) is 2. The number of amides is 1. The van der Waals surface area contributed by atoms with E-state index in [2.05, 4.69) is 22.3 Å². The zero-order chi connectivity index (χ0) is 20.3. The maximum Gasteiger partial charge on any atom is 0.251 e. The predicted octanol–water partition coefficient (Wildman–Crippen LogP) is 2.48. The van der Waals surface area contributed by atoms with Gasteiger partial charge in [0.25, 0.3) is 5.91 Å². The minimum absolute atomic E-state index is 0.110. The summed E-state index contributed by atoms with van der Waals surface area (Å²) in [6, 6.07) is 16.7. The highest BCUT2D eigenvalue weighted by Gasteiger charge is 2.28. The summed E-state index contributed by atoms with van der Waals surface area (Å²) in [4.78, 5) is 15.2. The van der Waals surface area contributed by atoms with E-state index in [0.717, 1.165) is 38.9 Å². The Balaban J connectivity index is 1.33. The fourth-order valence-electron chi connectivity index (χ4n) is 4.06. The van der Waals surface area contributed by atoms with E-state index in [9.17, 15) is 13.2 Å². The molecule has 1 N–H and O–H groups in total. The van der Waals surface area contributed by atoms with Gasteiger partial charge in [0.15, 0.2) is 0 Å². The first kappa shape index (κ1) is 20.1. The molecular weight excluding hydrogens is 386 g/mol. The van der Waals surface area contributed by atoms with Crippen LogP contribution < -0.4 is 5.32 Å². The highest BCUT2D eigenvalue weighted by molar-refractivity contribution is 7.89. The monoisotopic (exact) mass is 413 g/mol. The molecule has 29 heavy (non-hydrogen) atoms. The van der Waals surface area contributed by atoms with Crippen molar-refractivity contribution in [1.29, 1.82) is 0 Å². The molecule has 0 radical (unpaired) electrons. The van der Waals surface area contributed by atoms with Gasteiger partial charge in [0.2, 0.25) is 10.0 Å². The maximum atomic E-state index is 12.6. The van der Waals surface area contributed by atoms with Crippen LogP contribution in [0.2, 0.25) is 0 Å². The Bertz CT molecular complexity index is 939. The van der Waals surface area contributed by atoms with Crippen molar-refractivity contribution in [3.05, 3.63) is 65.7 Å². The van der Waals surface area contributed by atoms with E-state index in [-0.39, 0.29) is 16.8 Å². The number of benzene rings is 2. The van der Waals surface area contributed by atoms with E-state index in [0.29, 0.717) is 18.7 Å². The van der Waals surface area contributed by atoms with Gasteiger partial charge in [-0.05, 0) is 49.1 Å². The van der Waals surface area contributed by atoms with Gasteiger partial charge in [-0.25, -0.2) is 8.42 Å². The lowest BCUT2D eigenvalue weighted by Gasteiger charge is -2.17. The number of rotatable bonds is 6. The molecule has 2 aromatic rings. The second kappa shape index (κ2) is 8.65. The van der Waals surface area contributed by atoms with Crippen LogP contribution in [0.4, 0.5) is 0 Å². The molecule has 0 saturated carbocycles. The fraction of sp³-hybridized carbons (Fsp3) is 0.409. The van der Waals surface area contributed by atoms with Crippen LogP contribution in [-0.2, 0) is 16.6 Å². The number of hydrogen-bond acceptors (Lipinski definition) is 4. The molecule has 1 unspecified atom stereocenters. The van der Waals surface area contributed by atoms with E-state index < -0.39 is 10.0 Å². The van der Waals surface area contributed by atoms with E-state index >= 15 is 0 Å². The standard InChI is InChI=1S/C22H27N3O3S/c26-22(23-20-12-15-24(17-20)16-18-6-2-1-3-7-18)19-8-10-21(11-9-19)29(27,28)25-13-4-5-14-25/h1-3,6-11,20H,4-5,12-17H2,(H,23,26). The van der Waals surface area contributed by atoms with Gasteiger partial charge < -0.3 is 5.32 Å². The quantitative estimate of drug-likeness (QED) is 0.790. The first-order valence-corrected chi connectivity index (χ1v) is 11.6. The molecule has 2 heterocycles. The van der Waals surface area contributed by atoms with Crippen molar-refractivity contribution in [3.8, 4) is 0 Å². The molecule has 2 aliphatic rings. The fourth-order valence-corrected chi connectivity index (χ4v) is 5.58. The molecule has 154 valence electrons. The second-order valence-electron chi connectivity index (χ2n) is 7.82. The van der Waals surface area contributed by atoms with Crippen molar-refractivity contribution in [2.24, 2.45) is 0 Å². The summed E-state index contributed by atoms with van der Waals surface area (Å²) in [5, 5.41) is 3.08. The normalized spacial score (nSPS) is 20.8. The first-order valence-electron chi connectivity index (χ1n) is 10.2. The number of likely N-dealkylation sites (tertiary alicyclic amines) is 1. The Morgan fingerprint density at radius 3 is 2.34 bits per heavy atom. The highest BCUT2D eigenvalue weighted by Crippen LogP contribution is 2.21. The maximum absolute atomic E-state index is 12.6. The summed E-state index contributed by atoms with van der Waals surface area (Å²) < 4.78 is 26.7. The van der Waals surface area contributed by atoms with Gasteiger partial charge in [-0.2, -0.15) is 4.31 Å². The SMILES string of the molecule is O=C(NC1CCN(Cc2ccccc2)C1)c1ccc(S(=O)(=O)N2CCCC2)cc1. The molecule has 2 aromatic carbocycles. The molecule has 2 saturated heterocycles. The Hall–Kier alpha value is -2.22. The molecule has 7 heteroatoms. The Kier molecular flexibility index (Phi) is 5.99. The lowest BCUT2D eigenvalue weighted by atomic mass is 10.2. The van der Waals surface area contributed by atoms with Crippen molar-refractivity contribution in [2.45, 2.75) is 36.7 Å². The van der Waals surface area contributed by atoms with E-state index in [4.69, 9.17) is 0 Å². The summed E-state index contributed by atoms with van der Waals surface area (Å²) in [6.07, 6.45) is 2.73. The van der Waals surface area contributed by atoms with Gasteiger partial charge in [-0.1, -0.05) is 30.3 Å². The molecule has 0 aliphatic carbocycles. The summed E-state index contributed by atoms with van der Waals surface area (Å²) in [6.45, 7) is 3.81. The third kappa shape index (κ3) is 4.69. The zero-order valence-electron chi connectivity index (χ0n) is 16.5. The number of hydrogen-bond donors (Lipinski definition) is 1. The largest absolute Gasteiger partial charge is 0.348 e. The van der Waals surface area contributed by atoms with Crippen LogP contribution >= 0.6 is 0 Å². The van der Waals surface area contributed by atoms with Gasteiger partial charge in [0.1, 0.15) is 0 Å². The molecule has 0 aromatic heterocycles. The van der Waals surface area contributed by atoms with Gasteiger partial charge in [0.05, 0.1) is 4.90 Å². The molecular formula is C22H27N3O3S. The van der Waals surface area contributed by atoms with Crippen molar-refractivity contribution in [3.63, 3.8) is 0 Å².